The lowest BCUT2D eigenvalue weighted by Gasteiger charge is -2.25. The van der Waals surface area contributed by atoms with E-state index in [1.54, 1.807) is 35.5 Å². The summed E-state index contributed by atoms with van der Waals surface area (Å²) in [6, 6.07) is 8.92. The molecule has 0 unspecified atom stereocenters. The topological polar surface area (TPSA) is 74.8 Å². The Hall–Kier alpha value is -2.93. The summed E-state index contributed by atoms with van der Waals surface area (Å²) in [7, 11) is 3.94. The fourth-order valence-electron chi connectivity index (χ4n) is 2.68. The van der Waals surface area contributed by atoms with Crippen LogP contribution in [-0.2, 0) is 11.3 Å². The second kappa shape index (κ2) is 7.97. The van der Waals surface area contributed by atoms with Gasteiger partial charge >= 0.3 is 0 Å². The molecule has 1 aromatic heterocycles. The zero-order valence-corrected chi connectivity index (χ0v) is 14.9. The maximum atomic E-state index is 13.1. The lowest BCUT2D eigenvalue weighted by Crippen LogP contribution is -2.36. The van der Waals surface area contributed by atoms with Gasteiger partial charge in [-0.2, -0.15) is 0 Å². The van der Waals surface area contributed by atoms with Crippen LogP contribution in [0.1, 0.15) is 15.9 Å². The van der Waals surface area contributed by atoms with Crippen LogP contribution in [0.5, 0.6) is 5.75 Å². The molecule has 2 amide bonds. The van der Waals surface area contributed by atoms with Gasteiger partial charge in [0.1, 0.15) is 5.75 Å². The van der Waals surface area contributed by atoms with E-state index >= 15 is 0 Å². The molecule has 0 saturated heterocycles. The summed E-state index contributed by atoms with van der Waals surface area (Å²) in [5.41, 5.74) is 2.01. The van der Waals surface area contributed by atoms with Crippen LogP contribution in [0.3, 0.4) is 0 Å². The number of aromatic nitrogens is 1. The summed E-state index contributed by atoms with van der Waals surface area (Å²) < 4.78 is 5.35. The van der Waals surface area contributed by atoms with Crippen LogP contribution in [0, 0.1) is 0 Å². The second-order valence-electron chi connectivity index (χ2n) is 6.44. The third-order valence-electron chi connectivity index (χ3n) is 4.06. The number of rotatable bonds is 6. The lowest BCUT2D eigenvalue weighted by atomic mass is 10.1. The molecule has 2 heterocycles. The number of likely N-dealkylation sites (N-methyl/N-ethyl adjacent to an activating group) is 1. The Morgan fingerprint density at radius 2 is 2.12 bits per heavy atom. The van der Waals surface area contributed by atoms with Gasteiger partial charge in [-0.3, -0.25) is 14.6 Å². The minimum absolute atomic E-state index is 0.00371. The maximum absolute atomic E-state index is 13.1. The first-order valence-electron chi connectivity index (χ1n) is 8.42. The standard InChI is InChI=1S/C19H22N4O3/c1-22(2)8-9-23(12-14-4-3-7-20-11-14)19(25)15-5-6-17-16(10-15)21-18(24)13-26-17/h3-7,10-11H,8-9,12-13H2,1-2H3,(H,21,24). The first-order valence-corrected chi connectivity index (χ1v) is 8.42. The van der Waals surface area contributed by atoms with Crippen molar-refractivity contribution in [3.8, 4) is 5.75 Å². The molecular formula is C19H22N4O3. The number of carbonyl (C=O) groups is 2. The molecular weight excluding hydrogens is 332 g/mol. The molecule has 1 aromatic carbocycles. The summed E-state index contributed by atoms with van der Waals surface area (Å²) >= 11 is 0. The minimum Gasteiger partial charge on any atom is -0.482 e. The summed E-state index contributed by atoms with van der Waals surface area (Å²) in [6.45, 7) is 1.80. The average molecular weight is 354 g/mol. The molecule has 7 nitrogen and oxygen atoms in total. The van der Waals surface area contributed by atoms with Gasteiger partial charge in [0, 0.05) is 37.6 Å². The van der Waals surface area contributed by atoms with E-state index in [0.717, 1.165) is 12.1 Å². The van der Waals surface area contributed by atoms with Crippen LogP contribution in [0.25, 0.3) is 0 Å². The predicted octanol–water partition coefficient (Wildman–Crippen LogP) is 1.62. The Morgan fingerprint density at radius 3 is 2.85 bits per heavy atom. The Morgan fingerprint density at radius 1 is 1.27 bits per heavy atom. The van der Waals surface area contributed by atoms with E-state index in [9.17, 15) is 9.59 Å². The van der Waals surface area contributed by atoms with E-state index in [0.29, 0.717) is 30.1 Å². The average Bonchev–Trinajstić information content (AvgIpc) is 2.64. The molecule has 0 bridgehead atoms. The number of anilines is 1. The van der Waals surface area contributed by atoms with E-state index in [1.165, 1.54) is 0 Å². The van der Waals surface area contributed by atoms with Crippen molar-refractivity contribution in [3.05, 3.63) is 53.9 Å². The molecule has 3 rings (SSSR count). The quantitative estimate of drug-likeness (QED) is 0.853. The molecule has 136 valence electrons. The fourth-order valence-corrected chi connectivity index (χ4v) is 2.68. The minimum atomic E-state index is -0.220. The Bertz CT molecular complexity index is 793. The van der Waals surface area contributed by atoms with Crippen LogP contribution in [-0.4, -0.2) is 60.4 Å². The first-order chi connectivity index (χ1) is 12.5. The lowest BCUT2D eigenvalue weighted by molar-refractivity contribution is -0.118. The number of pyridine rings is 1. The Kier molecular flexibility index (Phi) is 5.48. The van der Waals surface area contributed by atoms with Crippen LogP contribution >= 0.6 is 0 Å². The van der Waals surface area contributed by atoms with Crippen molar-refractivity contribution in [1.29, 1.82) is 0 Å². The summed E-state index contributed by atoms with van der Waals surface area (Å²) in [5, 5.41) is 2.74. The molecule has 0 fully saturated rings. The van der Waals surface area contributed by atoms with E-state index in [-0.39, 0.29) is 18.4 Å². The van der Waals surface area contributed by atoms with Crippen molar-refractivity contribution in [1.82, 2.24) is 14.8 Å². The highest BCUT2D eigenvalue weighted by molar-refractivity contribution is 5.99. The maximum Gasteiger partial charge on any atom is 0.262 e. The van der Waals surface area contributed by atoms with Gasteiger partial charge in [0.25, 0.3) is 11.8 Å². The van der Waals surface area contributed by atoms with Gasteiger partial charge in [0.05, 0.1) is 5.69 Å². The number of fused-ring (bicyclic) bond motifs is 1. The zero-order valence-electron chi connectivity index (χ0n) is 14.9. The molecule has 0 spiro atoms. The molecule has 1 aliphatic heterocycles. The zero-order chi connectivity index (χ0) is 18.5. The van der Waals surface area contributed by atoms with Crippen LogP contribution in [0.15, 0.2) is 42.7 Å². The van der Waals surface area contributed by atoms with Gasteiger partial charge in [0.15, 0.2) is 6.61 Å². The second-order valence-corrected chi connectivity index (χ2v) is 6.44. The van der Waals surface area contributed by atoms with Crippen LogP contribution in [0.4, 0.5) is 5.69 Å². The SMILES string of the molecule is CN(C)CCN(Cc1cccnc1)C(=O)c1ccc2c(c1)NC(=O)CO2. The van der Waals surface area contributed by atoms with Crippen LogP contribution < -0.4 is 10.1 Å². The molecule has 0 saturated carbocycles. The van der Waals surface area contributed by atoms with Crippen molar-refractivity contribution in [2.75, 3.05) is 39.1 Å². The highest BCUT2D eigenvalue weighted by atomic mass is 16.5. The number of hydrogen-bond acceptors (Lipinski definition) is 5. The van der Waals surface area contributed by atoms with Crippen molar-refractivity contribution >= 4 is 17.5 Å². The predicted molar refractivity (Wildman–Crippen MR) is 98.1 cm³/mol. The number of hydrogen-bond donors (Lipinski definition) is 1. The number of amides is 2. The van der Waals surface area contributed by atoms with E-state index in [1.807, 2.05) is 31.1 Å². The number of nitrogens with one attached hydrogen (secondary N) is 1. The van der Waals surface area contributed by atoms with Crippen molar-refractivity contribution in [2.45, 2.75) is 6.54 Å². The summed E-state index contributed by atoms with van der Waals surface area (Å²) in [5.74, 6) is 0.258. The molecule has 1 N–H and O–H groups in total. The Balaban J connectivity index is 1.82. The monoisotopic (exact) mass is 354 g/mol. The van der Waals surface area contributed by atoms with E-state index in [2.05, 4.69) is 10.3 Å². The fraction of sp³-hybridized carbons (Fsp3) is 0.316. The van der Waals surface area contributed by atoms with Gasteiger partial charge in [-0.25, -0.2) is 0 Å². The van der Waals surface area contributed by atoms with Gasteiger partial charge < -0.3 is 19.9 Å². The van der Waals surface area contributed by atoms with E-state index < -0.39 is 0 Å². The molecule has 0 radical (unpaired) electrons. The van der Waals surface area contributed by atoms with Gasteiger partial charge in [-0.1, -0.05) is 6.07 Å². The number of ether oxygens (including phenoxy) is 1. The highest BCUT2D eigenvalue weighted by Gasteiger charge is 2.21. The summed E-state index contributed by atoms with van der Waals surface area (Å²) in [6.07, 6.45) is 3.47. The molecule has 7 heteroatoms. The van der Waals surface area contributed by atoms with E-state index in [4.69, 9.17) is 4.74 Å². The van der Waals surface area contributed by atoms with Gasteiger partial charge in [-0.05, 0) is 43.9 Å². The van der Waals surface area contributed by atoms with Crippen molar-refractivity contribution in [3.63, 3.8) is 0 Å². The summed E-state index contributed by atoms with van der Waals surface area (Å²) in [4.78, 5) is 32.5. The number of carbonyl (C=O) groups excluding carboxylic acids is 2. The van der Waals surface area contributed by atoms with Gasteiger partial charge in [-0.15, -0.1) is 0 Å². The molecule has 0 aliphatic carbocycles. The Labute approximate surface area is 152 Å². The highest BCUT2D eigenvalue weighted by Crippen LogP contribution is 2.29. The number of benzene rings is 1. The van der Waals surface area contributed by atoms with Crippen LogP contribution in [0.2, 0.25) is 0 Å². The molecule has 2 aromatic rings. The van der Waals surface area contributed by atoms with Crippen molar-refractivity contribution in [2.24, 2.45) is 0 Å². The van der Waals surface area contributed by atoms with Crippen molar-refractivity contribution < 1.29 is 14.3 Å². The number of nitrogens with zero attached hydrogens (tertiary/aromatic N) is 3. The van der Waals surface area contributed by atoms with Gasteiger partial charge in [0.2, 0.25) is 0 Å². The third-order valence-corrected chi connectivity index (χ3v) is 4.06. The molecule has 26 heavy (non-hydrogen) atoms. The smallest absolute Gasteiger partial charge is 0.262 e. The first kappa shape index (κ1) is 17.9. The molecule has 1 aliphatic rings. The third kappa shape index (κ3) is 4.37. The largest absolute Gasteiger partial charge is 0.482 e. The molecule has 0 atom stereocenters. The normalized spacial score (nSPS) is 13.0.